The molecule has 5 rings (SSSR count). The van der Waals surface area contributed by atoms with Crippen molar-refractivity contribution in [2.24, 2.45) is 0 Å². The third-order valence-corrected chi connectivity index (χ3v) is 8.51. The number of ether oxygens (including phenoxy) is 3. The molecule has 1 aromatic heterocycles. The molecule has 41 heavy (non-hydrogen) atoms. The SMILES string of the molecule is COC1C(C(=O)N(c2cc(C)cc(Br)c2)[C@@H]2COC[C@H]2O)OC(CO)C(O)C1n1cc(-c2ccc(Cl)c(Cl)c2)nn1. The molecule has 7 atom stereocenters. The normalized spacial score (nSPS) is 28.1. The van der Waals surface area contributed by atoms with E-state index in [2.05, 4.69) is 26.2 Å². The van der Waals surface area contributed by atoms with E-state index < -0.39 is 55.1 Å². The lowest BCUT2D eigenvalue weighted by molar-refractivity contribution is -0.211. The average Bonchev–Trinajstić information content (AvgIpc) is 3.59. The number of aromatic nitrogens is 3. The Kier molecular flexibility index (Phi) is 9.34. The first kappa shape index (κ1) is 30.3. The smallest absolute Gasteiger partial charge is 0.259 e. The summed E-state index contributed by atoms with van der Waals surface area (Å²) in [6.07, 6.45) is -4.16. The number of carbonyl (C=O) groups excluding carboxylic acids is 1. The molecule has 2 aromatic carbocycles. The highest BCUT2D eigenvalue weighted by Crippen LogP contribution is 2.36. The molecular weight excluding hydrogens is 643 g/mol. The number of hydrogen-bond acceptors (Lipinski definition) is 9. The van der Waals surface area contributed by atoms with Crippen LogP contribution < -0.4 is 4.90 Å². The second-order valence-electron chi connectivity index (χ2n) is 10.0. The zero-order valence-electron chi connectivity index (χ0n) is 22.1. The van der Waals surface area contributed by atoms with Gasteiger partial charge in [0.1, 0.15) is 36.2 Å². The van der Waals surface area contributed by atoms with Crippen molar-refractivity contribution >= 4 is 50.7 Å². The van der Waals surface area contributed by atoms with E-state index in [-0.39, 0.29) is 13.2 Å². The maximum absolute atomic E-state index is 14.4. The zero-order chi connectivity index (χ0) is 29.4. The quantitative estimate of drug-likeness (QED) is 0.346. The van der Waals surface area contributed by atoms with Crippen LogP contribution in [0.25, 0.3) is 11.3 Å². The monoisotopic (exact) mass is 670 g/mol. The van der Waals surface area contributed by atoms with Crippen LogP contribution in [0.1, 0.15) is 11.6 Å². The van der Waals surface area contributed by atoms with Crippen molar-refractivity contribution in [2.45, 2.75) is 49.5 Å². The van der Waals surface area contributed by atoms with Gasteiger partial charge in [-0.15, -0.1) is 5.10 Å². The van der Waals surface area contributed by atoms with Crippen LogP contribution in [0, 0.1) is 6.92 Å². The molecule has 0 aliphatic carbocycles. The fraction of sp³-hybridized carbons (Fsp3) is 0.444. The van der Waals surface area contributed by atoms with E-state index in [1.54, 1.807) is 30.5 Å². The van der Waals surface area contributed by atoms with E-state index in [1.807, 2.05) is 19.1 Å². The van der Waals surface area contributed by atoms with Gasteiger partial charge in [-0.1, -0.05) is 50.4 Å². The number of amides is 1. The number of nitrogens with zero attached hydrogens (tertiary/aromatic N) is 4. The number of aliphatic hydroxyl groups is 3. The van der Waals surface area contributed by atoms with Gasteiger partial charge in [0.05, 0.1) is 42.1 Å². The van der Waals surface area contributed by atoms with Crippen LogP contribution >= 0.6 is 39.1 Å². The molecule has 14 heteroatoms. The summed E-state index contributed by atoms with van der Waals surface area (Å²) in [5.41, 5.74) is 2.48. The van der Waals surface area contributed by atoms with E-state index in [0.717, 1.165) is 10.0 Å². The number of hydrogen-bond donors (Lipinski definition) is 3. The maximum atomic E-state index is 14.4. The summed E-state index contributed by atoms with van der Waals surface area (Å²) < 4.78 is 19.4. The number of aliphatic hydroxyl groups excluding tert-OH is 3. The van der Waals surface area contributed by atoms with Crippen molar-refractivity contribution in [3.8, 4) is 11.3 Å². The van der Waals surface area contributed by atoms with Crippen LogP contribution in [0.5, 0.6) is 0 Å². The Bertz CT molecular complexity index is 1390. The Hall–Kier alpha value is -2.13. The number of carbonyl (C=O) groups is 1. The fourth-order valence-corrected chi connectivity index (χ4v) is 6.22. The fourth-order valence-electron chi connectivity index (χ4n) is 5.32. The molecule has 2 aliphatic rings. The number of anilines is 1. The third kappa shape index (κ3) is 6.03. The summed E-state index contributed by atoms with van der Waals surface area (Å²) in [5, 5.41) is 41.2. The van der Waals surface area contributed by atoms with Crippen LogP contribution in [0.4, 0.5) is 5.69 Å². The molecule has 0 bridgehead atoms. The lowest BCUT2D eigenvalue weighted by Gasteiger charge is -2.45. The second kappa shape index (κ2) is 12.6. The van der Waals surface area contributed by atoms with Crippen molar-refractivity contribution in [3.63, 3.8) is 0 Å². The molecule has 2 fully saturated rings. The Morgan fingerprint density at radius 3 is 2.61 bits per heavy atom. The summed E-state index contributed by atoms with van der Waals surface area (Å²) in [5.74, 6) is -0.538. The highest BCUT2D eigenvalue weighted by molar-refractivity contribution is 9.10. The first-order chi connectivity index (χ1) is 19.6. The van der Waals surface area contributed by atoms with Gasteiger partial charge in [0.25, 0.3) is 5.91 Å². The van der Waals surface area contributed by atoms with Gasteiger partial charge in [-0.25, -0.2) is 4.68 Å². The molecule has 220 valence electrons. The zero-order valence-corrected chi connectivity index (χ0v) is 25.2. The van der Waals surface area contributed by atoms with Gasteiger partial charge in [-0.3, -0.25) is 4.79 Å². The van der Waals surface area contributed by atoms with E-state index >= 15 is 0 Å². The van der Waals surface area contributed by atoms with Gasteiger partial charge in [0.15, 0.2) is 6.10 Å². The summed E-state index contributed by atoms with van der Waals surface area (Å²) in [6, 6.07) is 8.80. The van der Waals surface area contributed by atoms with E-state index in [4.69, 9.17) is 37.4 Å². The first-order valence-corrected chi connectivity index (χ1v) is 14.4. The topological polar surface area (TPSA) is 139 Å². The lowest BCUT2D eigenvalue weighted by atomic mass is 9.91. The third-order valence-electron chi connectivity index (χ3n) is 7.31. The van der Waals surface area contributed by atoms with Crippen molar-refractivity contribution in [2.75, 3.05) is 31.8 Å². The van der Waals surface area contributed by atoms with Crippen LogP contribution in [-0.4, -0.2) is 99.7 Å². The molecular formula is C27H29BrCl2N4O7. The summed E-state index contributed by atoms with van der Waals surface area (Å²) in [4.78, 5) is 15.8. The Balaban J connectivity index is 1.54. The molecule has 0 radical (unpaired) electrons. The standard InChI is InChI=1S/C27H29BrCl2N4O7/c1-13-5-15(28)8-16(6-13)34(20-11-40-12-21(20)36)27(38)26-25(39-2)23(24(37)22(10-35)41-26)33-9-19(31-32-33)14-3-4-17(29)18(30)7-14/h3-9,20-26,35-37H,10-12H2,1-2H3/t20-,21-,22?,23?,24?,25?,26?/m1/s1. The predicted octanol–water partition coefficient (Wildman–Crippen LogP) is 2.79. The van der Waals surface area contributed by atoms with Gasteiger partial charge in [-0.2, -0.15) is 0 Å². The minimum Gasteiger partial charge on any atom is -0.394 e. The molecule has 2 saturated heterocycles. The minimum absolute atomic E-state index is 0.0672. The molecule has 5 unspecified atom stereocenters. The summed E-state index contributed by atoms with van der Waals surface area (Å²) >= 11 is 15.7. The van der Waals surface area contributed by atoms with Gasteiger partial charge in [-0.05, 0) is 42.8 Å². The second-order valence-corrected chi connectivity index (χ2v) is 11.8. The molecule has 2 aliphatic heterocycles. The number of rotatable bonds is 7. The molecule has 3 N–H and O–H groups in total. The van der Waals surface area contributed by atoms with Crippen molar-refractivity contribution in [1.29, 1.82) is 0 Å². The first-order valence-electron chi connectivity index (χ1n) is 12.8. The average molecular weight is 672 g/mol. The molecule has 3 heterocycles. The van der Waals surface area contributed by atoms with E-state index in [9.17, 15) is 20.1 Å². The highest BCUT2D eigenvalue weighted by atomic mass is 79.9. The molecule has 3 aromatic rings. The van der Waals surface area contributed by atoms with Crippen LogP contribution in [0.2, 0.25) is 10.0 Å². The maximum Gasteiger partial charge on any atom is 0.259 e. The number of aryl methyl sites for hydroxylation is 1. The molecule has 11 nitrogen and oxygen atoms in total. The highest BCUT2D eigenvalue weighted by Gasteiger charge is 2.52. The van der Waals surface area contributed by atoms with E-state index in [1.165, 1.54) is 16.7 Å². The van der Waals surface area contributed by atoms with Gasteiger partial charge < -0.3 is 34.4 Å². The van der Waals surface area contributed by atoms with Crippen LogP contribution in [0.3, 0.4) is 0 Å². The van der Waals surface area contributed by atoms with Crippen molar-refractivity contribution in [3.05, 3.63) is 62.7 Å². The minimum atomic E-state index is -1.31. The van der Waals surface area contributed by atoms with Gasteiger partial charge in [0.2, 0.25) is 0 Å². The number of halogens is 3. The van der Waals surface area contributed by atoms with Crippen LogP contribution in [-0.2, 0) is 19.0 Å². The van der Waals surface area contributed by atoms with Crippen LogP contribution in [0.15, 0.2) is 47.1 Å². The molecule has 0 saturated carbocycles. The summed E-state index contributed by atoms with van der Waals surface area (Å²) in [7, 11) is 1.39. The van der Waals surface area contributed by atoms with Crippen molar-refractivity contribution in [1.82, 2.24) is 15.0 Å². The van der Waals surface area contributed by atoms with Gasteiger partial charge in [0, 0.05) is 22.8 Å². The predicted molar refractivity (Wildman–Crippen MR) is 154 cm³/mol. The Morgan fingerprint density at radius 2 is 1.98 bits per heavy atom. The molecule has 0 spiro atoms. The lowest BCUT2D eigenvalue weighted by Crippen LogP contribution is -2.63. The number of methoxy groups -OCH3 is 1. The number of benzene rings is 2. The van der Waals surface area contributed by atoms with Crippen molar-refractivity contribution < 1.29 is 34.3 Å². The summed E-state index contributed by atoms with van der Waals surface area (Å²) in [6.45, 7) is 1.49. The molecule has 1 amide bonds. The Morgan fingerprint density at radius 1 is 1.20 bits per heavy atom. The van der Waals surface area contributed by atoms with E-state index in [0.29, 0.717) is 27.0 Å². The van der Waals surface area contributed by atoms with Gasteiger partial charge >= 0.3 is 0 Å². The largest absolute Gasteiger partial charge is 0.394 e. The Labute approximate surface area is 254 Å².